The maximum absolute atomic E-state index is 10.4. The molecule has 1 fully saturated rings. The van der Waals surface area contributed by atoms with E-state index in [0.717, 1.165) is 25.7 Å². The summed E-state index contributed by atoms with van der Waals surface area (Å²) in [5.74, 6) is 0.393. The first-order valence-electron chi connectivity index (χ1n) is 4.65. The average molecular weight is 201 g/mol. The molecule has 1 aliphatic rings. The summed E-state index contributed by atoms with van der Waals surface area (Å²) in [5, 5.41) is 0. The second-order valence-corrected chi connectivity index (χ2v) is 4.10. The van der Waals surface area contributed by atoms with Crippen molar-refractivity contribution >= 4 is 10.5 Å². The smallest absolute Gasteiger partial charge is 0.168 e. The normalized spacial score (nSPS) is 28.0. The number of nitrogens with zero attached hydrogens (tertiary/aromatic N) is 1. The van der Waals surface area contributed by atoms with Crippen molar-refractivity contribution in [3.8, 4) is 0 Å². The predicted molar refractivity (Wildman–Crippen MR) is 51.9 cm³/mol. The van der Waals surface area contributed by atoms with Gasteiger partial charge in [0.05, 0.1) is 6.04 Å². The molecule has 0 aliphatic heterocycles. The van der Waals surface area contributed by atoms with Crippen LogP contribution in [0.1, 0.15) is 32.1 Å². The molecule has 0 aromatic rings. The maximum Gasteiger partial charge on any atom is 0.311 e. The van der Waals surface area contributed by atoms with Gasteiger partial charge in [0.15, 0.2) is 0 Å². The molecular weight excluding hydrogens is 186 g/mol. The largest absolute Gasteiger partial charge is 0.311 e. The number of rotatable bonds is 3. The summed E-state index contributed by atoms with van der Waals surface area (Å²) in [4.78, 5) is 0. The highest BCUT2D eigenvalue weighted by molar-refractivity contribution is 7.61. The fourth-order valence-corrected chi connectivity index (χ4v) is 2.43. The van der Waals surface area contributed by atoms with Crippen molar-refractivity contribution < 1.29 is 8.42 Å². The molecule has 0 N–H and O–H groups in total. The summed E-state index contributed by atoms with van der Waals surface area (Å²) in [6.07, 6.45) is 7.01. The first-order chi connectivity index (χ1) is 6.24. The van der Waals surface area contributed by atoms with Crippen LogP contribution in [-0.4, -0.2) is 14.5 Å². The fraction of sp³-hybridized carbons (Fsp3) is 0.778. The minimum absolute atomic E-state index is 0.00471. The third-order valence-electron chi connectivity index (χ3n) is 2.56. The van der Waals surface area contributed by atoms with E-state index in [4.69, 9.17) is 0 Å². The van der Waals surface area contributed by atoms with Crippen molar-refractivity contribution in [3.05, 3.63) is 12.7 Å². The highest BCUT2D eigenvalue weighted by Gasteiger charge is 2.23. The lowest BCUT2D eigenvalue weighted by Crippen LogP contribution is -2.22. The Labute approximate surface area is 80.6 Å². The van der Waals surface area contributed by atoms with Gasteiger partial charge in [0.2, 0.25) is 0 Å². The van der Waals surface area contributed by atoms with Crippen molar-refractivity contribution in [3.63, 3.8) is 0 Å². The topological polar surface area (TPSA) is 46.5 Å². The third-order valence-corrected chi connectivity index (χ3v) is 3.00. The number of hydrogen-bond donors (Lipinski definition) is 0. The van der Waals surface area contributed by atoms with Gasteiger partial charge in [0.25, 0.3) is 0 Å². The first kappa shape index (κ1) is 10.4. The molecule has 4 heteroatoms. The lowest BCUT2D eigenvalue weighted by molar-refractivity contribution is 0.313. The molecule has 0 aromatic carbocycles. The molecule has 0 spiro atoms. The van der Waals surface area contributed by atoms with Crippen LogP contribution in [0.15, 0.2) is 17.0 Å². The Hall–Kier alpha value is -0.640. The molecule has 13 heavy (non-hydrogen) atoms. The number of hydrogen-bond acceptors (Lipinski definition) is 3. The van der Waals surface area contributed by atoms with Crippen LogP contribution in [0.4, 0.5) is 0 Å². The molecule has 0 radical (unpaired) electrons. The van der Waals surface area contributed by atoms with E-state index in [0.29, 0.717) is 5.92 Å². The molecule has 0 heterocycles. The van der Waals surface area contributed by atoms with Crippen LogP contribution in [0.25, 0.3) is 0 Å². The van der Waals surface area contributed by atoms with Gasteiger partial charge < -0.3 is 0 Å². The Morgan fingerprint density at radius 1 is 1.38 bits per heavy atom. The standard InChI is InChI=1S/C9H15NO2S/c1-2-5-8-6-3-4-7-9(8)10-13(11)12/h2,8-9H,1,3-7H2. The lowest BCUT2D eigenvalue weighted by Gasteiger charge is -2.26. The van der Waals surface area contributed by atoms with E-state index in [9.17, 15) is 8.42 Å². The van der Waals surface area contributed by atoms with Gasteiger partial charge >= 0.3 is 10.5 Å². The summed E-state index contributed by atoms with van der Waals surface area (Å²) >= 11 is 0. The highest BCUT2D eigenvalue weighted by Crippen LogP contribution is 2.29. The predicted octanol–water partition coefficient (Wildman–Crippen LogP) is 2.18. The van der Waals surface area contributed by atoms with Crippen LogP contribution < -0.4 is 0 Å². The summed E-state index contributed by atoms with van der Waals surface area (Å²) in [5.41, 5.74) is 0. The summed E-state index contributed by atoms with van der Waals surface area (Å²) < 4.78 is 24.6. The zero-order valence-electron chi connectivity index (χ0n) is 7.65. The second kappa shape index (κ2) is 5.17. The van der Waals surface area contributed by atoms with Gasteiger partial charge in [-0.15, -0.1) is 6.58 Å². The Balaban J connectivity index is 2.66. The van der Waals surface area contributed by atoms with Crippen molar-refractivity contribution in [1.82, 2.24) is 0 Å². The van der Waals surface area contributed by atoms with Gasteiger partial charge in [-0.2, -0.15) is 12.8 Å². The lowest BCUT2D eigenvalue weighted by atomic mass is 9.83. The summed E-state index contributed by atoms with van der Waals surface area (Å²) in [6.45, 7) is 3.67. The Morgan fingerprint density at radius 3 is 2.69 bits per heavy atom. The molecule has 0 saturated heterocycles. The SMILES string of the molecule is C=CCC1CCCCC1N=S(=O)=O. The maximum atomic E-state index is 10.4. The Bertz CT molecular complexity index is 287. The molecule has 3 nitrogen and oxygen atoms in total. The highest BCUT2D eigenvalue weighted by atomic mass is 32.2. The van der Waals surface area contributed by atoms with Crippen LogP contribution in [0.5, 0.6) is 0 Å². The van der Waals surface area contributed by atoms with Crippen molar-refractivity contribution in [1.29, 1.82) is 0 Å². The van der Waals surface area contributed by atoms with E-state index in [2.05, 4.69) is 10.9 Å². The van der Waals surface area contributed by atoms with Gasteiger partial charge in [-0.1, -0.05) is 18.9 Å². The van der Waals surface area contributed by atoms with Crippen LogP contribution in [0.3, 0.4) is 0 Å². The summed E-state index contributed by atoms with van der Waals surface area (Å²) in [7, 11) is -2.25. The molecule has 1 rings (SSSR count). The van der Waals surface area contributed by atoms with Gasteiger partial charge in [-0.25, -0.2) is 0 Å². The molecule has 0 amide bonds. The van der Waals surface area contributed by atoms with E-state index < -0.39 is 10.5 Å². The Morgan fingerprint density at radius 2 is 2.08 bits per heavy atom. The minimum atomic E-state index is -2.25. The zero-order chi connectivity index (χ0) is 9.68. The molecule has 0 bridgehead atoms. The fourth-order valence-electron chi connectivity index (χ4n) is 1.93. The van der Waals surface area contributed by atoms with Gasteiger partial charge in [0, 0.05) is 0 Å². The van der Waals surface area contributed by atoms with E-state index in [-0.39, 0.29) is 6.04 Å². The van der Waals surface area contributed by atoms with Gasteiger partial charge in [0.1, 0.15) is 0 Å². The van der Waals surface area contributed by atoms with E-state index >= 15 is 0 Å². The van der Waals surface area contributed by atoms with E-state index in [1.807, 2.05) is 6.08 Å². The molecular formula is C9H15NO2S. The first-order valence-corrected chi connectivity index (χ1v) is 5.68. The minimum Gasteiger partial charge on any atom is -0.168 e. The van der Waals surface area contributed by atoms with Crippen LogP contribution >= 0.6 is 0 Å². The Kier molecular flexibility index (Phi) is 4.15. The molecule has 1 saturated carbocycles. The van der Waals surface area contributed by atoms with Crippen LogP contribution in [0.2, 0.25) is 0 Å². The molecule has 2 unspecified atom stereocenters. The zero-order valence-corrected chi connectivity index (χ0v) is 8.46. The van der Waals surface area contributed by atoms with Crippen LogP contribution in [0, 0.1) is 5.92 Å². The molecule has 0 aromatic heterocycles. The average Bonchev–Trinajstić information content (AvgIpc) is 2.08. The van der Waals surface area contributed by atoms with E-state index in [1.54, 1.807) is 0 Å². The second-order valence-electron chi connectivity index (χ2n) is 3.46. The molecule has 2 atom stereocenters. The summed E-state index contributed by atoms with van der Waals surface area (Å²) in [6, 6.07) is 0.00471. The molecule has 1 aliphatic carbocycles. The van der Waals surface area contributed by atoms with E-state index in [1.165, 1.54) is 6.42 Å². The monoisotopic (exact) mass is 201 g/mol. The molecule has 74 valence electrons. The van der Waals surface area contributed by atoms with Crippen molar-refractivity contribution in [2.45, 2.75) is 38.1 Å². The van der Waals surface area contributed by atoms with Crippen molar-refractivity contribution in [2.24, 2.45) is 10.3 Å². The van der Waals surface area contributed by atoms with Crippen LogP contribution in [-0.2, 0) is 10.5 Å². The van der Waals surface area contributed by atoms with Gasteiger partial charge in [-0.3, -0.25) is 0 Å². The quantitative estimate of drug-likeness (QED) is 0.657. The van der Waals surface area contributed by atoms with Crippen molar-refractivity contribution in [2.75, 3.05) is 0 Å². The third kappa shape index (κ3) is 3.30. The number of allylic oxidation sites excluding steroid dienone is 1. The van der Waals surface area contributed by atoms with Gasteiger partial charge in [-0.05, 0) is 25.2 Å².